The number of carbonyl (C=O) groups excluding carboxylic acids is 2. The molecule has 132 valence electrons. The molecule has 0 atom stereocenters. The Morgan fingerprint density at radius 1 is 0.846 bits per heavy atom. The van der Waals surface area contributed by atoms with Crippen LogP contribution >= 0.6 is 0 Å². The van der Waals surface area contributed by atoms with Crippen LogP contribution in [0.3, 0.4) is 0 Å². The number of aryl methyl sites for hydroxylation is 2. The van der Waals surface area contributed by atoms with Gasteiger partial charge in [-0.3, -0.25) is 9.59 Å². The molecular formula is C20H20N4O2. The van der Waals surface area contributed by atoms with Gasteiger partial charge in [-0.2, -0.15) is 0 Å². The Morgan fingerprint density at radius 3 is 2.12 bits per heavy atom. The highest BCUT2D eigenvalue weighted by Crippen LogP contribution is 2.16. The number of fused-ring (bicyclic) bond motifs is 1. The third-order valence-electron chi connectivity index (χ3n) is 4.08. The van der Waals surface area contributed by atoms with E-state index in [0.717, 1.165) is 16.9 Å². The van der Waals surface area contributed by atoms with Crippen LogP contribution in [-0.4, -0.2) is 28.3 Å². The quantitative estimate of drug-likeness (QED) is 0.758. The maximum atomic E-state index is 12.5. The van der Waals surface area contributed by atoms with Gasteiger partial charge in [0, 0.05) is 23.4 Å². The molecule has 0 fully saturated rings. The van der Waals surface area contributed by atoms with Crippen molar-refractivity contribution < 1.29 is 9.59 Å². The highest BCUT2D eigenvalue weighted by Gasteiger charge is 2.10. The SMILES string of the molecule is CCNC(=O)c1ccc(NC(=O)c2ccc3nc(C)c(C)nc3c2)cc1. The largest absolute Gasteiger partial charge is 0.352 e. The van der Waals surface area contributed by atoms with Crippen molar-refractivity contribution in [3.63, 3.8) is 0 Å². The number of aromatic nitrogens is 2. The number of nitrogens with one attached hydrogen (secondary N) is 2. The van der Waals surface area contributed by atoms with Crippen molar-refractivity contribution in [3.8, 4) is 0 Å². The van der Waals surface area contributed by atoms with Crippen molar-refractivity contribution >= 4 is 28.5 Å². The second-order valence-electron chi connectivity index (χ2n) is 5.99. The molecule has 0 saturated carbocycles. The monoisotopic (exact) mass is 348 g/mol. The average Bonchev–Trinajstić information content (AvgIpc) is 2.63. The molecule has 0 radical (unpaired) electrons. The van der Waals surface area contributed by atoms with Gasteiger partial charge in [-0.05, 0) is 63.2 Å². The van der Waals surface area contributed by atoms with Crippen molar-refractivity contribution in [2.24, 2.45) is 0 Å². The van der Waals surface area contributed by atoms with E-state index in [1.165, 1.54) is 0 Å². The fraction of sp³-hybridized carbons (Fsp3) is 0.200. The van der Waals surface area contributed by atoms with E-state index in [0.29, 0.717) is 28.9 Å². The van der Waals surface area contributed by atoms with Crippen molar-refractivity contribution in [1.82, 2.24) is 15.3 Å². The minimum Gasteiger partial charge on any atom is -0.352 e. The number of nitrogens with zero attached hydrogens (tertiary/aromatic N) is 2. The first kappa shape index (κ1) is 17.5. The molecule has 6 nitrogen and oxygen atoms in total. The van der Waals surface area contributed by atoms with E-state index in [9.17, 15) is 9.59 Å². The lowest BCUT2D eigenvalue weighted by Crippen LogP contribution is -2.22. The number of hydrogen-bond donors (Lipinski definition) is 2. The van der Waals surface area contributed by atoms with Crippen LogP contribution in [0.1, 0.15) is 39.0 Å². The topological polar surface area (TPSA) is 84.0 Å². The fourth-order valence-electron chi connectivity index (χ4n) is 2.54. The van der Waals surface area contributed by atoms with E-state index in [4.69, 9.17) is 0 Å². The molecule has 0 saturated heterocycles. The lowest BCUT2D eigenvalue weighted by Gasteiger charge is -2.08. The summed E-state index contributed by atoms with van der Waals surface area (Å²) in [5, 5.41) is 5.56. The molecule has 3 rings (SSSR count). The second kappa shape index (κ2) is 7.31. The summed E-state index contributed by atoms with van der Waals surface area (Å²) in [6, 6.07) is 12.0. The maximum Gasteiger partial charge on any atom is 0.255 e. The van der Waals surface area contributed by atoms with Gasteiger partial charge in [0.1, 0.15) is 0 Å². The second-order valence-corrected chi connectivity index (χ2v) is 5.99. The zero-order valence-corrected chi connectivity index (χ0v) is 15.0. The summed E-state index contributed by atoms with van der Waals surface area (Å²) in [5.41, 5.74) is 4.84. The molecule has 0 aliphatic heterocycles. The van der Waals surface area contributed by atoms with E-state index in [1.807, 2.05) is 20.8 Å². The first-order valence-electron chi connectivity index (χ1n) is 8.42. The van der Waals surface area contributed by atoms with Crippen molar-refractivity contribution in [2.45, 2.75) is 20.8 Å². The van der Waals surface area contributed by atoms with Gasteiger partial charge in [0.15, 0.2) is 0 Å². The van der Waals surface area contributed by atoms with Gasteiger partial charge in [-0.1, -0.05) is 0 Å². The van der Waals surface area contributed by atoms with Crippen LogP contribution in [0.4, 0.5) is 5.69 Å². The maximum absolute atomic E-state index is 12.5. The zero-order valence-electron chi connectivity index (χ0n) is 15.0. The summed E-state index contributed by atoms with van der Waals surface area (Å²) in [6.07, 6.45) is 0. The normalized spacial score (nSPS) is 10.6. The van der Waals surface area contributed by atoms with Crippen LogP contribution in [0.5, 0.6) is 0 Å². The van der Waals surface area contributed by atoms with Gasteiger partial charge < -0.3 is 10.6 Å². The third-order valence-corrected chi connectivity index (χ3v) is 4.08. The Bertz CT molecular complexity index is 981. The molecule has 3 aromatic rings. The highest BCUT2D eigenvalue weighted by molar-refractivity contribution is 6.06. The smallest absolute Gasteiger partial charge is 0.255 e. The molecule has 0 bridgehead atoms. The Balaban J connectivity index is 1.78. The van der Waals surface area contributed by atoms with Crippen molar-refractivity contribution in [3.05, 3.63) is 65.0 Å². The van der Waals surface area contributed by atoms with Gasteiger partial charge >= 0.3 is 0 Å². The predicted octanol–water partition coefficient (Wildman–Crippen LogP) is 3.25. The minimum absolute atomic E-state index is 0.135. The molecule has 26 heavy (non-hydrogen) atoms. The molecule has 2 N–H and O–H groups in total. The van der Waals surface area contributed by atoms with Crippen molar-refractivity contribution in [1.29, 1.82) is 0 Å². The first-order chi connectivity index (χ1) is 12.5. The summed E-state index contributed by atoms with van der Waals surface area (Å²) >= 11 is 0. The molecule has 0 aliphatic rings. The molecule has 1 aromatic heterocycles. The standard InChI is InChI=1S/C20H20N4O2/c1-4-21-19(25)14-5-8-16(9-6-14)24-20(26)15-7-10-17-18(11-15)23-13(3)12(2)22-17/h5-11H,4H2,1-3H3,(H,21,25)(H,24,26). The van der Waals surface area contributed by atoms with E-state index < -0.39 is 0 Å². The molecule has 0 unspecified atom stereocenters. The lowest BCUT2D eigenvalue weighted by atomic mass is 10.1. The molecule has 2 amide bonds. The van der Waals surface area contributed by atoms with E-state index in [-0.39, 0.29) is 11.8 Å². The summed E-state index contributed by atoms with van der Waals surface area (Å²) in [7, 11) is 0. The summed E-state index contributed by atoms with van der Waals surface area (Å²) < 4.78 is 0. The molecule has 1 heterocycles. The lowest BCUT2D eigenvalue weighted by molar-refractivity contribution is 0.0955. The summed E-state index contributed by atoms with van der Waals surface area (Å²) in [6.45, 7) is 6.24. The molecular weight excluding hydrogens is 328 g/mol. The summed E-state index contributed by atoms with van der Waals surface area (Å²) in [5.74, 6) is -0.373. The van der Waals surface area contributed by atoms with Gasteiger partial charge in [0.05, 0.1) is 22.4 Å². The van der Waals surface area contributed by atoms with E-state index in [1.54, 1.807) is 42.5 Å². The Labute approximate surface area is 151 Å². The Kier molecular flexibility index (Phi) is 4.93. The first-order valence-corrected chi connectivity index (χ1v) is 8.42. The van der Waals surface area contributed by atoms with Gasteiger partial charge in [0.2, 0.25) is 0 Å². The third kappa shape index (κ3) is 3.69. The van der Waals surface area contributed by atoms with Crippen LogP contribution < -0.4 is 10.6 Å². The number of carbonyl (C=O) groups is 2. The average molecular weight is 348 g/mol. The Morgan fingerprint density at radius 2 is 1.46 bits per heavy atom. The zero-order chi connectivity index (χ0) is 18.7. The number of amides is 2. The van der Waals surface area contributed by atoms with Gasteiger partial charge in [-0.25, -0.2) is 9.97 Å². The van der Waals surface area contributed by atoms with Crippen LogP contribution in [0.15, 0.2) is 42.5 Å². The molecule has 0 aliphatic carbocycles. The van der Waals surface area contributed by atoms with Crippen LogP contribution in [0.25, 0.3) is 11.0 Å². The predicted molar refractivity (Wildman–Crippen MR) is 101 cm³/mol. The number of anilines is 1. The molecule has 2 aromatic carbocycles. The number of hydrogen-bond acceptors (Lipinski definition) is 4. The fourth-order valence-corrected chi connectivity index (χ4v) is 2.54. The van der Waals surface area contributed by atoms with Gasteiger partial charge in [-0.15, -0.1) is 0 Å². The molecule has 0 spiro atoms. The number of rotatable bonds is 4. The van der Waals surface area contributed by atoms with Crippen LogP contribution in [0, 0.1) is 13.8 Å². The van der Waals surface area contributed by atoms with Gasteiger partial charge in [0.25, 0.3) is 11.8 Å². The highest BCUT2D eigenvalue weighted by atomic mass is 16.2. The summed E-state index contributed by atoms with van der Waals surface area (Å²) in [4.78, 5) is 33.2. The van der Waals surface area contributed by atoms with Crippen molar-refractivity contribution in [2.75, 3.05) is 11.9 Å². The van der Waals surface area contributed by atoms with E-state index in [2.05, 4.69) is 20.6 Å². The minimum atomic E-state index is -0.238. The van der Waals surface area contributed by atoms with E-state index >= 15 is 0 Å². The number of benzene rings is 2. The Hall–Kier alpha value is -3.28. The van der Waals surface area contributed by atoms with Crippen LogP contribution in [-0.2, 0) is 0 Å². The van der Waals surface area contributed by atoms with Crippen LogP contribution in [0.2, 0.25) is 0 Å². The molecule has 6 heteroatoms.